The molecule has 3 nitrogen and oxygen atoms in total. The molecule has 0 spiro atoms. The Bertz CT molecular complexity index is 404. The van der Waals surface area contributed by atoms with E-state index in [9.17, 15) is 0 Å². The van der Waals surface area contributed by atoms with E-state index in [-0.39, 0.29) is 5.54 Å². The van der Waals surface area contributed by atoms with E-state index in [1.807, 2.05) is 0 Å². The lowest BCUT2D eigenvalue weighted by Gasteiger charge is -2.53. The number of benzene rings is 1. The van der Waals surface area contributed by atoms with Gasteiger partial charge in [-0.15, -0.1) is 0 Å². The monoisotopic (exact) mass is 217 g/mol. The van der Waals surface area contributed by atoms with Crippen LogP contribution in [-0.4, -0.2) is 38.8 Å². The predicted molar refractivity (Wildman–Crippen MR) is 68.3 cm³/mol. The van der Waals surface area contributed by atoms with E-state index in [4.69, 9.17) is 0 Å². The molecule has 3 rings (SSSR count). The molecule has 1 atom stereocenters. The number of piperazine rings is 1. The molecule has 0 radical (unpaired) electrons. The van der Waals surface area contributed by atoms with Crippen LogP contribution < -0.4 is 15.1 Å². The van der Waals surface area contributed by atoms with Crippen LogP contribution in [0.2, 0.25) is 0 Å². The molecular formula is C13H19N3. The molecule has 0 aromatic heterocycles. The zero-order valence-corrected chi connectivity index (χ0v) is 10.0. The molecule has 2 heterocycles. The maximum Gasteiger partial charge on any atom is 0.0673 e. The van der Waals surface area contributed by atoms with Crippen LogP contribution >= 0.6 is 0 Å². The number of nitrogens with zero attached hydrogens (tertiary/aromatic N) is 2. The van der Waals surface area contributed by atoms with Crippen LogP contribution in [0.1, 0.15) is 6.92 Å². The second-order valence-corrected chi connectivity index (χ2v) is 5.17. The highest BCUT2D eigenvalue weighted by Gasteiger charge is 2.40. The Labute approximate surface area is 97.0 Å². The van der Waals surface area contributed by atoms with Crippen molar-refractivity contribution in [2.45, 2.75) is 12.5 Å². The molecule has 86 valence electrons. The summed E-state index contributed by atoms with van der Waals surface area (Å²) in [7, 11) is 2.19. The lowest BCUT2D eigenvalue weighted by Crippen LogP contribution is -2.66. The summed E-state index contributed by atoms with van der Waals surface area (Å²) in [6, 6.07) is 8.73. The normalized spacial score (nSPS) is 28.6. The van der Waals surface area contributed by atoms with Gasteiger partial charge in [0.1, 0.15) is 0 Å². The van der Waals surface area contributed by atoms with Crippen molar-refractivity contribution >= 4 is 11.4 Å². The van der Waals surface area contributed by atoms with Crippen LogP contribution in [0.25, 0.3) is 0 Å². The first-order valence-corrected chi connectivity index (χ1v) is 5.99. The minimum absolute atomic E-state index is 0.237. The van der Waals surface area contributed by atoms with Crippen LogP contribution in [0.15, 0.2) is 24.3 Å². The summed E-state index contributed by atoms with van der Waals surface area (Å²) in [5.41, 5.74) is 2.99. The molecule has 16 heavy (non-hydrogen) atoms. The summed E-state index contributed by atoms with van der Waals surface area (Å²) < 4.78 is 0. The largest absolute Gasteiger partial charge is 0.371 e. The van der Waals surface area contributed by atoms with Gasteiger partial charge in [-0.1, -0.05) is 12.1 Å². The van der Waals surface area contributed by atoms with E-state index in [1.165, 1.54) is 11.4 Å². The first kappa shape index (κ1) is 9.97. The van der Waals surface area contributed by atoms with Crippen LogP contribution in [0.5, 0.6) is 0 Å². The lowest BCUT2D eigenvalue weighted by molar-refractivity contribution is 0.347. The van der Waals surface area contributed by atoms with Gasteiger partial charge in [0.05, 0.1) is 16.9 Å². The number of rotatable bonds is 0. The lowest BCUT2D eigenvalue weighted by atomic mass is 9.92. The van der Waals surface area contributed by atoms with Gasteiger partial charge in [-0.3, -0.25) is 0 Å². The van der Waals surface area contributed by atoms with Gasteiger partial charge < -0.3 is 15.1 Å². The highest BCUT2D eigenvalue weighted by Crippen LogP contribution is 2.39. The van der Waals surface area contributed by atoms with Crippen LogP contribution in [0.3, 0.4) is 0 Å². The molecule has 1 aromatic rings. The van der Waals surface area contributed by atoms with Crippen molar-refractivity contribution in [2.75, 3.05) is 43.0 Å². The second kappa shape index (κ2) is 3.39. The quantitative estimate of drug-likeness (QED) is 0.707. The zero-order chi connectivity index (χ0) is 11.2. The van der Waals surface area contributed by atoms with Gasteiger partial charge in [0, 0.05) is 33.2 Å². The minimum Gasteiger partial charge on any atom is -0.371 e. The van der Waals surface area contributed by atoms with Crippen molar-refractivity contribution in [1.82, 2.24) is 5.32 Å². The number of likely N-dealkylation sites (N-methyl/N-ethyl adjacent to an activating group) is 1. The summed E-state index contributed by atoms with van der Waals surface area (Å²) in [5, 5.41) is 3.51. The van der Waals surface area contributed by atoms with Crippen molar-refractivity contribution < 1.29 is 0 Å². The SMILES string of the molecule is CN1CC2(C)CNCCN2c2ccccc21. The number of para-hydroxylation sites is 2. The van der Waals surface area contributed by atoms with Crippen molar-refractivity contribution in [3.05, 3.63) is 24.3 Å². The van der Waals surface area contributed by atoms with Crippen LogP contribution in [0.4, 0.5) is 11.4 Å². The van der Waals surface area contributed by atoms with E-state index < -0.39 is 0 Å². The highest BCUT2D eigenvalue weighted by atomic mass is 15.3. The molecule has 0 saturated carbocycles. The molecule has 1 unspecified atom stereocenters. The van der Waals surface area contributed by atoms with Crippen LogP contribution in [-0.2, 0) is 0 Å². The number of anilines is 2. The molecule has 1 N–H and O–H groups in total. The Hall–Kier alpha value is -1.22. The van der Waals surface area contributed by atoms with Crippen molar-refractivity contribution in [3.8, 4) is 0 Å². The Balaban J connectivity index is 2.09. The second-order valence-electron chi connectivity index (χ2n) is 5.17. The molecule has 0 amide bonds. The van der Waals surface area contributed by atoms with Gasteiger partial charge in [0.15, 0.2) is 0 Å². The van der Waals surface area contributed by atoms with Gasteiger partial charge >= 0.3 is 0 Å². The van der Waals surface area contributed by atoms with Crippen molar-refractivity contribution in [3.63, 3.8) is 0 Å². The first-order chi connectivity index (χ1) is 7.71. The Morgan fingerprint density at radius 2 is 2.00 bits per heavy atom. The van der Waals surface area contributed by atoms with E-state index in [1.54, 1.807) is 0 Å². The topological polar surface area (TPSA) is 18.5 Å². The first-order valence-electron chi connectivity index (χ1n) is 5.99. The maximum absolute atomic E-state index is 3.51. The van der Waals surface area contributed by atoms with E-state index in [0.29, 0.717) is 0 Å². The molecule has 0 bridgehead atoms. The summed E-state index contributed by atoms with van der Waals surface area (Å²) in [5.74, 6) is 0. The average Bonchev–Trinajstić information content (AvgIpc) is 2.28. The standard InChI is InChI=1S/C13H19N3/c1-13-9-14-7-8-16(13)12-6-4-3-5-11(12)15(2)10-13/h3-6,14H,7-10H2,1-2H3. The predicted octanol–water partition coefficient (Wildman–Crippen LogP) is 1.30. The minimum atomic E-state index is 0.237. The van der Waals surface area contributed by atoms with Crippen molar-refractivity contribution in [1.29, 1.82) is 0 Å². The third-order valence-electron chi connectivity index (χ3n) is 3.83. The fraction of sp³-hybridized carbons (Fsp3) is 0.538. The third kappa shape index (κ3) is 1.31. The Morgan fingerprint density at radius 3 is 2.81 bits per heavy atom. The van der Waals surface area contributed by atoms with Gasteiger partial charge in [-0.05, 0) is 19.1 Å². The molecule has 0 aliphatic carbocycles. The Kier molecular flexibility index (Phi) is 2.11. The van der Waals surface area contributed by atoms with Gasteiger partial charge in [0.25, 0.3) is 0 Å². The summed E-state index contributed by atoms with van der Waals surface area (Å²) in [4.78, 5) is 4.94. The molecule has 1 saturated heterocycles. The van der Waals surface area contributed by atoms with E-state index in [0.717, 1.165) is 26.2 Å². The van der Waals surface area contributed by atoms with E-state index >= 15 is 0 Å². The molecule has 2 aliphatic heterocycles. The molecule has 2 aliphatic rings. The molecule has 1 aromatic carbocycles. The fourth-order valence-electron chi connectivity index (χ4n) is 3.08. The number of nitrogens with one attached hydrogen (secondary N) is 1. The summed E-state index contributed by atoms with van der Waals surface area (Å²) in [6.45, 7) is 6.73. The molecular weight excluding hydrogens is 198 g/mol. The van der Waals surface area contributed by atoms with E-state index in [2.05, 4.69) is 53.4 Å². The number of hydrogen-bond acceptors (Lipinski definition) is 3. The fourth-order valence-corrected chi connectivity index (χ4v) is 3.08. The smallest absolute Gasteiger partial charge is 0.0673 e. The molecule has 3 heteroatoms. The maximum atomic E-state index is 3.51. The molecule has 1 fully saturated rings. The highest BCUT2D eigenvalue weighted by molar-refractivity contribution is 5.75. The third-order valence-corrected chi connectivity index (χ3v) is 3.83. The number of fused-ring (bicyclic) bond motifs is 3. The zero-order valence-electron chi connectivity index (χ0n) is 10.0. The van der Waals surface area contributed by atoms with Gasteiger partial charge in [0.2, 0.25) is 0 Å². The number of hydrogen-bond donors (Lipinski definition) is 1. The van der Waals surface area contributed by atoms with Gasteiger partial charge in [-0.2, -0.15) is 0 Å². The van der Waals surface area contributed by atoms with Gasteiger partial charge in [-0.25, -0.2) is 0 Å². The van der Waals surface area contributed by atoms with Crippen molar-refractivity contribution in [2.24, 2.45) is 0 Å². The van der Waals surface area contributed by atoms with Crippen LogP contribution in [0, 0.1) is 0 Å². The average molecular weight is 217 g/mol. The summed E-state index contributed by atoms with van der Waals surface area (Å²) in [6.07, 6.45) is 0. The summed E-state index contributed by atoms with van der Waals surface area (Å²) >= 11 is 0. The Morgan fingerprint density at radius 1 is 1.25 bits per heavy atom.